The number of amides is 1. The van der Waals surface area contributed by atoms with Gasteiger partial charge in [-0.3, -0.25) is 10.2 Å². The van der Waals surface area contributed by atoms with Gasteiger partial charge in [0.2, 0.25) is 15.8 Å². The molecule has 1 heterocycles. The zero-order valence-electron chi connectivity index (χ0n) is 20.8. The third-order valence-electron chi connectivity index (χ3n) is 5.77. The first-order valence-electron chi connectivity index (χ1n) is 11.4. The molecule has 3 aromatic carbocycles. The Morgan fingerprint density at radius 1 is 0.872 bits per heavy atom. The van der Waals surface area contributed by atoms with Crippen LogP contribution < -0.4 is 20.7 Å². The first-order valence-corrected chi connectivity index (χ1v) is 12.9. The molecular weight excluding hydrogens is 526 g/mol. The highest BCUT2D eigenvalue weighted by molar-refractivity contribution is 7.89. The van der Waals surface area contributed by atoms with E-state index in [-0.39, 0.29) is 11.5 Å². The summed E-state index contributed by atoms with van der Waals surface area (Å²) in [4.78, 5) is 38.5. The summed E-state index contributed by atoms with van der Waals surface area (Å²) >= 11 is 0. The third-order valence-corrected chi connectivity index (χ3v) is 7.25. The summed E-state index contributed by atoms with van der Waals surface area (Å²) in [6.07, 6.45) is 1.37. The van der Waals surface area contributed by atoms with Crippen LogP contribution in [0.4, 0.5) is 0 Å². The van der Waals surface area contributed by atoms with E-state index in [1.54, 1.807) is 35.8 Å². The Morgan fingerprint density at radius 3 is 2.05 bits per heavy atom. The summed E-state index contributed by atoms with van der Waals surface area (Å²) < 4.78 is 43.3. The largest absolute Gasteiger partial charge is 0.495 e. The molecule has 12 heteroatoms. The van der Waals surface area contributed by atoms with Crippen molar-refractivity contribution < 1.29 is 36.7 Å². The van der Waals surface area contributed by atoms with Crippen molar-refractivity contribution in [1.82, 2.24) is 10.1 Å². The molecule has 0 saturated heterocycles. The first-order chi connectivity index (χ1) is 18.7. The van der Waals surface area contributed by atoms with Crippen molar-refractivity contribution in [3.8, 4) is 28.0 Å². The van der Waals surface area contributed by atoms with Crippen LogP contribution in [0.3, 0.4) is 0 Å². The molecule has 0 unspecified atom stereocenters. The SMILES string of the molecule is CNS(=O)(=O)c1c(OC)ccc(C(=O)OC(=O)c2occ(-c3ccccc3)c2-c2ccccc2)c1C(=O)NN. The Labute approximate surface area is 223 Å². The predicted octanol–water partition coefficient (Wildman–Crippen LogP) is 3.13. The Hall–Kier alpha value is -4.78. The lowest BCUT2D eigenvalue weighted by Crippen LogP contribution is -2.34. The molecule has 4 rings (SSSR count). The lowest BCUT2D eigenvalue weighted by molar-refractivity contribution is 0.0374. The quantitative estimate of drug-likeness (QED) is 0.0983. The van der Waals surface area contributed by atoms with E-state index in [0.717, 1.165) is 24.7 Å². The molecule has 4 N–H and O–H groups in total. The smallest absolute Gasteiger partial charge is 0.382 e. The number of esters is 2. The predicted molar refractivity (Wildman–Crippen MR) is 140 cm³/mol. The molecule has 0 atom stereocenters. The highest BCUT2D eigenvalue weighted by Crippen LogP contribution is 2.37. The number of benzene rings is 3. The summed E-state index contributed by atoms with van der Waals surface area (Å²) in [5.41, 5.74) is 2.93. The van der Waals surface area contributed by atoms with Crippen molar-refractivity contribution in [1.29, 1.82) is 0 Å². The van der Waals surface area contributed by atoms with Gasteiger partial charge in [0.05, 0.1) is 18.2 Å². The van der Waals surface area contributed by atoms with E-state index in [1.165, 1.54) is 13.4 Å². The van der Waals surface area contributed by atoms with Crippen LogP contribution in [0.2, 0.25) is 0 Å². The number of furan rings is 1. The number of rotatable bonds is 8. The molecule has 4 aromatic rings. The topological polar surface area (TPSA) is 167 Å². The lowest BCUT2D eigenvalue weighted by Gasteiger charge is -2.16. The molecule has 0 aliphatic rings. The van der Waals surface area contributed by atoms with Gasteiger partial charge >= 0.3 is 11.9 Å². The molecule has 0 fully saturated rings. The van der Waals surface area contributed by atoms with Crippen LogP contribution in [-0.2, 0) is 14.8 Å². The number of carbonyl (C=O) groups excluding carboxylic acids is 3. The van der Waals surface area contributed by atoms with Gasteiger partial charge in [0, 0.05) is 11.1 Å². The second-order valence-corrected chi connectivity index (χ2v) is 9.79. The van der Waals surface area contributed by atoms with Gasteiger partial charge < -0.3 is 13.9 Å². The average Bonchev–Trinajstić information content (AvgIpc) is 3.42. The Kier molecular flexibility index (Phi) is 7.91. The maximum Gasteiger partial charge on any atom is 0.382 e. The van der Waals surface area contributed by atoms with E-state index in [0.29, 0.717) is 16.7 Å². The molecule has 200 valence electrons. The average molecular weight is 550 g/mol. The molecule has 11 nitrogen and oxygen atoms in total. The number of methoxy groups -OCH3 is 1. The van der Waals surface area contributed by atoms with E-state index >= 15 is 0 Å². The summed E-state index contributed by atoms with van der Waals surface area (Å²) in [5.74, 6) is 1.15. The minimum Gasteiger partial charge on any atom is -0.495 e. The fraction of sp³-hybridized carbons (Fsp3) is 0.0741. The van der Waals surface area contributed by atoms with Gasteiger partial charge in [-0.1, -0.05) is 60.7 Å². The van der Waals surface area contributed by atoms with Gasteiger partial charge in [-0.15, -0.1) is 0 Å². The number of hydrazine groups is 1. The Morgan fingerprint density at radius 2 is 1.49 bits per heavy atom. The first kappa shape index (κ1) is 27.3. The van der Waals surface area contributed by atoms with Crippen LogP contribution in [0.25, 0.3) is 22.3 Å². The summed E-state index contributed by atoms with van der Waals surface area (Å²) in [6.45, 7) is 0. The summed E-state index contributed by atoms with van der Waals surface area (Å²) in [5, 5.41) is 0. The van der Waals surface area contributed by atoms with Crippen molar-refractivity contribution >= 4 is 27.9 Å². The van der Waals surface area contributed by atoms with Crippen LogP contribution >= 0.6 is 0 Å². The highest BCUT2D eigenvalue weighted by atomic mass is 32.2. The van der Waals surface area contributed by atoms with Crippen LogP contribution in [0.1, 0.15) is 31.3 Å². The molecule has 0 aliphatic carbocycles. The maximum absolute atomic E-state index is 13.3. The van der Waals surface area contributed by atoms with Gasteiger partial charge in [-0.25, -0.2) is 28.6 Å². The fourth-order valence-electron chi connectivity index (χ4n) is 3.98. The number of sulfonamides is 1. The molecule has 1 amide bonds. The second kappa shape index (κ2) is 11.3. The minimum absolute atomic E-state index is 0.240. The number of nitrogen functional groups attached to an aromatic ring is 1. The van der Waals surface area contributed by atoms with E-state index in [4.69, 9.17) is 19.7 Å². The Bertz CT molecular complexity index is 1650. The van der Waals surface area contributed by atoms with Gasteiger partial charge in [0.25, 0.3) is 5.91 Å². The number of carbonyl (C=O) groups is 3. The zero-order valence-corrected chi connectivity index (χ0v) is 21.6. The Balaban J connectivity index is 1.81. The van der Waals surface area contributed by atoms with E-state index < -0.39 is 43.9 Å². The summed E-state index contributed by atoms with van der Waals surface area (Å²) in [6, 6.07) is 20.3. The minimum atomic E-state index is -4.34. The molecule has 0 aliphatic heterocycles. The van der Waals surface area contributed by atoms with Gasteiger partial charge in [0.1, 0.15) is 16.9 Å². The molecular formula is C27H23N3O8S. The maximum atomic E-state index is 13.3. The fourth-order valence-corrected chi connectivity index (χ4v) is 5.07. The molecule has 0 spiro atoms. The van der Waals surface area contributed by atoms with Gasteiger partial charge in [0.15, 0.2) is 0 Å². The number of hydrogen-bond acceptors (Lipinski definition) is 9. The van der Waals surface area contributed by atoms with Crippen molar-refractivity contribution in [2.75, 3.05) is 14.2 Å². The van der Waals surface area contributed by atoms with Crippen LogP contribution in [0.5, 0.6) is 5.75 Å². The molecule has 1 aromatic heterocycles. The monoisotopic (exact) mass is 549 g/mol. The molecule has 0 bridgehead atoms. The third kappa shape index (κ3) is 5.29. The normalized spacial score (nSPS) is 11.1. The van der Waals surface area contributed by atoms with Crippen LogP contribution in [-0.4, -0.2) is 40.4 Å². The number of nitrogens with two attached hydrogens (primary N) is 1. The molecule has 39 heavy (non-hydrogen) atoms. The van der Waals surface area contributed by atoms with Gasteiger partial charge in [-0.2, -0.15) is 0 Å². The second-order valence-electron chi connectivity index (χ2n) is 7.96. The van der Waals surface area contributed by atoms with Crippen molar-refractivity contribution in [3.63, 3.8) is 0 Å². The lowest BCUT2D eigenvalue weighted by atomic mass is 9.97. The standard InChI is InChI=1S/C27H23N3O8S/c1-29-39(34,35)24-20(36-2)14-13-18(22(24)25(31)30-28)26(32)38-27(33)23-21(17-11-7-4-8-12-17)19(15-37-23)16-9-5-3-6-10-16/h3-15,29H,28H2,1-2H3,(H,30,31). The molecule has 0 radical (unpaired) electrons. The van der Waals surface area contributed by atoms with E-state index in [9.17, 15) is 22.8 Å². The number of ether oxygens (including phenoxy) is 2. The number of nitrogens with one attached hydrogen (secondary N) is 2. The zero-order chi connectivity index (χ0) is 28.2. The highest BCUT2D eigenvalue weighted by Gasteiger charge is 2.33. The van der Waals surface area contributed by atoms with E-state index in [2.05, 4.69) is 4.72 Å². The number of hydrogen-bond donors (Lipinski definition) is 3. The molecule has 0 saturated carbocycles. The van der Waals surface area contributed by atoms with Crippen molar-refractivity contribution in [2.45, 2.75) is 4.90 Å². The summed E-state index contributed by atoms with van der Waals surface area (Å²) in [7, 11) is -2.04. The van der Waals surface area contributed by atoms with Crippen LogP contribution in [0, 0.1) is 0 Å². The van der Waals surface area contributed by atoms with Gasteiger partial charge in [-0.05, 0) is 30.3 Å². The van der Waals surface area contributed by atoms with Crippen LogP contribution in [0.15, 0.2) is 88.4 Å². The van der Waals surface area contributed by atoms with Crippen molar-refractivity contribution in [3.05, 3.63) is 95.9 Å². The van der Waals surface area contributed by atoms with Crippen molar-refractivity contribution in [2.24, 2.45) is 5.84 Å². The van der Waals surface area contributed by atoms with E-state index in [1.807, 2.05) is 30.3 Å².